The van der Waals surface area contributed by atoms with Crippen LogP contribution in [-0.4, -0.2) is 23.9 Å². The number of halogens is 2. The van der Waals surface area contributed by atoms with E-state index in [2.05, 4.69) is 10.2 Å². The summed E-state index contributed by atoms with van der Waals surface area (Å²) in [4.78, 5) is 0. The van der Waals surface area contributed by atoms with Gasteiger partial charge in [0, 0.05) is 23.7 Å². The Morgan fingerprint density at radius 2 is 2.06 bits per heavy atom. The minimum absolute atomic E-state index is 0.0906. The minimum atomic E-state index is -0.628. The zero-order chi connectivity index (χ0) is 13.1. The van der Waals surface area contributed by atoms with E-state index in [1.807, 2.05) is 0 Å². The van der Waals surface area contributed by atoms with Crippen molar-refractivity contribution in [2.75, 3.05) is 13.7 Å². The molecular weight excluding hydrogens is 240 g/mol. The van der Waals surface area contributed by atoms with E-state index in [1.54, 1.807) is 6.07 Å². The fraction of sp³-hybridized carbons (Fsp3) is 0.250. The van der Waals surface area contributed by atoms with Crippen LogP contribution in [-0.2, 0) is 6.42 Å². The molecule has 2 aromatic rings. The first-order valence-electron chi connectivity index (χ1n) is 5.43. The first-order valence-corrected chi connectivity index (χ1v) is 5.43. The van der Waals surface area contributed by atoms with Gasteiger partial charge in [-0.15, -0.1) is 0 Å². The normalized spacial score (nSPS) is 10.7. The molecule has 0 amide bonds. The van der Waals surface area contributed by atoms with Crippen LogP contribution >= 0.6 is 0 Å². The Labute approximate surface area is 103 Å². The average Bonchev–Trinajstić information content (AvgIpc) is 2.80. The number of H-pyrrole nitrogens is 1. The van der Waals surface area contributed by atoms with Crippen molar-refractivity contribution >= 4 is 0 Å². The quantitative estimate of drug-likeness (QED) is 0.874. The molecule has 2 rings (SSSR count). The SMILES string of the molecule is COc1cc(F)c(-c2cc(CCN)[nH]n2)cc1F. The third-order valence-corrected chi connectivity index (χ3v) is 2.56. The smallest absolute Gasteiger partial charge is 0.165 e. The Kier molecular flexibility index (Phi) is 3.57. The predicted molar refractivity (Wildman–Crippen MR) is 63.3 cm³/mol. The number of nitrogens with zero attached hydrogens (tertiary/aromatic N) is 1. The van der Waals surface area contributed by atoms with Gasteiger partial charge in [-0.3, -0.25) is 5.10 Å². The van der Waals surface area contributed by atoms with Crippen molar-refractivity contribution in [1.29, 1.82) is 0 Å². The molecule has 96 valence electrons. The molecule has 0 aliphatic carbocycles. The second-order valence-electron chi connectivity index (χ2n) is 3.78. The number of nitrogens with one attached hydrogen (secondary N) is 1. The van der Waals surface area contributed by atoms with Gasteiger partial charge in [0.15, 0.2) is 11.6 Å². The molecule has 0 spiro atoms. The predicted octanol–water partition coefficient (Wildman–Crippen LogP) is 1.86. The van der Waals surface area contributed by atoms with E-state index in [-0.39, 0.29) is 11.3 Å². The van der Waals surface area contributed by atoms with Crippen LogP contribution in [0, 0.1) is 11.6 Å². The van der Waals surface area contributed by atoms with Crippen LogP contribution in [0.2, 0.25) is 0 Å². The Balaban J connectivity index is 2.40. The van der Waals surface area contributed by atoms with Crippen LogP contribution in [0.3, 0.4) is 0 Å². The molecule has 0 atom stereocenters. The average molecular weight is 253 g/mol. The number of aromatic amines is 1. The highest BCUT2D eigenvalue weighted by Crippen LogP contribution is 2.28. The number of hydrogen-bond acceptors (Lipinski definition) is 3. The first kappa shape index (κ1) is 12.5. The van der Waals surface area contributed by atoms with Crippen LogP contribution in [0.25, 0.3) is 11.3 Å². The molecule has 18 heavy (non-hydrogen) atoms. The second kappa shape index (κ2) is 5.14. The van der Waals surface area contributed by atoms with Gasteiger partial charge in [-0.05, 0) is 18.7 Å². The zero-order valence-corrected chi connectivity index (χ0v) is 9.84. The minimum Gasteiger partial charge on any atom is -0.494 e. The summed E-state index contributed by atoms with van der Waals surface area (Å²) in [7, 11) is 1.28. The molecule has 0 bridgehead atoms. The lowest BCUT2D eigenvalue weighted by Gasteiger charge is -2.04. The van der Waals surface area contributed by atoms with Gasteiger partial charge < -0.3 is 10.5 Å². The molecule has 6 heteroatoms. The van der Waals surface area contributed by atoms with E-state index in [0.717, 1.165) is 17.8 Å². The Hall–Kier alpha value is -1.95. The van der Waals surface area contributed by atoms with Gasteiger partial charge in [0.1, 0.15) is 5.82 Å². The highest BCUT2D eigenvalue weighted by atomic mass is 19.1. The number of hydrogen-bond donors (Lipinski definition) is 2. The molecule has 1 heterocycles. The maximum atomic E-state index is 13.8. The molecule has 0 saturated heterocycles. The Morgan fingerprint density at radius 3 is 2.72 bits per heavy atom. The van der Waals surface area contributed by atoms with Crippen molar-refractivity contribution in [3.05, 3.63) is 35.5 Å². The standard InChI is InChI=1S/C12H13F2N3O/c1-18-12-6-9(13)8(5-10(12)14)11-4-7(2-3-15)16-17-11/h4-6H,2-3,15H2,1H3,(H,16,17). The lowest BCUT2D eigenvalue weighted by atomic mass is 10.1. The molecule has 1 aromatic heterocycles. The monoisotopic (exact) mass is 253 g/mol. The fourth-order valence-corrected chi connectivity index (χ4v) is 1.66. The van der Waals surface area contributed by atoms with E-state index in [0.29, 0.717) is 18.7 Å². The molecule has 4 nitrogen and oxygen atoms in total. The van der Waals surface area contributed by atoms with Crippen LogP contribution in [0.15, 0.2) is 18.2 Å². The second-order valence-corrected chi connectivity index (χ2v) is 3.78. The van der Waals surface area contributed by atoms with Crippen molar-refractivity contribution < 1.29 is 13.5 Å². The summed E-state index contributed by atoms with van der Waals surface area (Å²) in [6, 6.07) is 3.72. The maximum Gasteiger partial charge on any atom is 0.165 e. The van der Waals surface area contributed by atoms with Gasteiger partial charge in [0.25, 0.3) is 0 Å². The Morgan fingerprint density at radius 1 is 1.28 bits per heavy atom. The summed E-state index contributed by atoms with van der Waals surface area (Å²) in [5.41, 5.74) is 6.62. The third-order valence-electron chi connectivity index (χ3n) is 2.56. The molecule has 1 aromatic carbocycles. The Bertz CT molecular complexity index is 554. The van der Waals surface area contributed by atoms with Gasteiger partial charge in [-0.25, -0.2) is 8.78 Å². The number of aromatic nitrogens is 2. The largest absolute Gasteiger partial charge is 0.494 e. The van der Waals surface area contributed by atoms with Gasteiger partial charge in [-0.1, -0.05) is 0 Å². The topological polar surface area (TPSA) is 63.9 Å². The maximum absolute atomic E-state index is 13.8. The summed E-state index contributed by atoms with van der Waals surface area (Å²) in [6.07, 6.45) is 0.604. The number of ether oxygens (including phenoxy) is 1. The van der Waals surface area contributed by atoms with Gasteiger partial charge in [0.05, 0.1) is 12.8 Å². The van der Waals surface area contributed by atoms with E-state index < -0.39 is 11.6 Å². The molecule has 3 N–H and O–H groups in total. The van der Waals surface area contributed by atoms with Gasteiger partial charge in [-0.2, -0.15) is 5.10 Å². The molecular formula is C12H13F2N3O. The van der Waals surface area contributed by atoms with Crippen molar-refractivity contribution in [2.45, 2.75) is 6.42 Å². The van der Waals surface area contributed by atoms with Crippen molar-refractivity contribution in [1.82, 2.24) is 10.2 Å². The lowest BCUT2D eigenvalue weighted by Crippen LogP contribution is -2.02. The summed E-state index contributed by atoms with van der Waals surface area (Å²) in [5, 5.41) is 6.66. The van der Waals surface area contributed by atoms with Crippen LogP contribution in [0.4, 0.5) is 8.78 Å². The number of rotatable bonds is 4. The third kappa shape index (κ3) is 2.33. The number of benzene rings is 1. The van der Waals surface area contributed by atoms with Crippen molar-refractivity contribution in [3.8, 4) is 17.0 Å². The van der Waals surface area contributed by atoms with Crippen molar-refractivity contribution in [2.24, 2.45) is 5.73 Å². The van der Waals surface area contributed by atoms with E-state index >= 15 is 0 Å². The first-order chi connectivity index (χ1) is 8.65. The molecule has 0 radical (unpaired) electrons. The summed E-state index contributed by atoms with van der Waals surface area (Å²) < 4.78 is 32.0. The lowest BCUT2D eigenvalue weighted by molar-refractivity contribution is 0.383. The number of methoxy groups -OCH3 is 1. The summed E-state index contributed by atoms with van der Waals surface area (Å²) >= 11 is 0. The van der Waals surface area contributed by atoms with Crippen molar-refractivity contribution in [3.63, 3.8) is 0 Å². The molecule has 0 fully saturated rings. The highest BCUT2D eigenvalue weighted by molar-refractivity contribution is 5.61. The van der Waals surface area contributed by atoms with E-state index in [9.17, 15) is 8.78 Å². The van der Waals surface area contributed by atoms with Crippen LogP contribution in [0.1, 0.15) is 5.69 Å². The zero-order valence-electron chi connectivity index (χ0n) is 9.84. The van der Waals surface area contributed by atoms with Gasteiger partial charge >= 0.3 is 0 Å². The molecule has 0 saturated carbocycles. The molecule has 0 unspecified atom stereocenters. The van der Waals surface area contributed by atoms with Crippen LogP contribution < -0.4 is 10.5 Å². The van der Waals surface area contributed by atoms with Gasteiger partial charge in [0.2, 0.25) is 0 Å². The summed E-state index contributed by atoms with van der Waals surface area (Å²) in [5.74, 6) is -1.34. The summed E-state index contributed by atoms with van der Waals surface area (Å²) in [6.45, 7) is 0.459. The molecule has 0 aliphatic heterocycles. The number of nitrogens with two attached hydrogens (primary N) is 1. The molecule has 0 aliphatic rings. The van der Waals surface area contributed by atoms with Crippen LogP contribution in [0.5, 0.6) is 5.75 Å². The fourth-order valence-electron chi connectivity index (χ4n) is 1.66. The van der Waals surface area contributed by atoms with E-state index in [4.69, 9.17) is 10.5 Å². The highest BCUT2D eigenvalue weighted by Gasteiger charge is 2.14. The van der Waals surface area contributed by atoms with E-state index in [1.165, 1.54) is 7.11 Å².